The van der Waals surface area contributed by atoms with Crippen molar-refractivity contribution in [1.82, 2.24) is 9.55 Å². The molecule has 0 unspecified atom stereocenters. The second kappa shape index (κ2) is 7.97. The third kappa shape index (κ3) is 3.52. The van der Waals surface area contributed by atoms with Crippen molar-refractivity contribution in [1.29, 1.82) is 0 Å². The van der Waals surface area contributed by atoms with Gasteiger partial charge in [-0.2, -0.15) is 0 Å². The zero-order valence-electron chi connectivity index (χ0n) is 19.3. The Kier molecular flexibility index (Phi) is 5.12. The number of anilines is 2. The molecule has 5 nitrogen and oxygen atoms in total. The minimum atomic E-state index is -0.0947. The number of hydrogen-bond donors (Lipinski definition) is 1. The first kappa shape index (κ1) is 20.6. The van der Waals surface area contributed by atoms with Crippen LogP contribution in [0.25, 0.3) is 21.8 Å². The summed E-state index contributed by atoms with van der Waals surface area (Å²) in [7, 11) is 2.06. The smallest absolute Gasteiger partial charge is 0.255 e. The fraction of sp³-hybridized carbons (Fsp3) is 0.333. The van der Waals surface area contributed by atoms with E-state index in [1.807, 2.05) is 36.4 Å². The number of pyridine rings is 1. The summed E-state index contributed by atoms with van der Waals surface area (Å²) in [6, 6.07) is 14.1. The Morgan fingerprint density at radius 1 is 0.938 bits per heavy atom. The maximum Gasteiger partial charge on any atom is 0.255 e. The third-order valence-corrected chi connectivity index (χ3v) is 7.01. The molecule has 1 saturated heterocycles. The summed E-state index contributed by atoms with van der Waals surface area (Å²) < 4.78 is 2.17. The van der Waals surface area contributed by atoms with Gasteiger partial charge in [-0.25, -0.2) is 4.98 Å². The van der Waals surface area contributed by atoms with Crippen LogP contribution in [0.1, 0.15) is 46.4 Å². The van der Waals surface area contributed by atoms with Gasteiger partial charge in [-0.05, 0) is 93.6 Å². The third-order valence-electron chi connectivity index (χ3n) is 7.01. The Balaban J connectivity index is 1.42. The Morgan fingerprint density at radius 2 is 1.72 bits per heavy atom. The monoisotopic (exact) mass is 426 g/mol. The zero-order chi connectivity index (χ0) is 22.4. The van der Waals surface area contributed by atoms with E-state index in [9.17, 15) is 4.79 Å². The first-order valence-electron chi connectivity index (χ1n) is 11.5. The van der Waals surface area contributed by atoms with Gasteiger partial charge in [0.1, 0.15) is 5.82 Å². The molecule has 0 aliphatic carbocycles. The van der Waals surface area contributed by atoms with Crippen molar-refractivity contribution >= 4 is 39.2 Å². The van der Waals surface area contributed by atoms with Crippen LogP contribution in [0, 0.1) is 20.8 Å². The highest BCUT2D eigenvalue weighted by Crippen LogP contribution is 2.28. The zero-order valence-corrected chi connectivity index (χ0v) is 19.3. The summed E-state index contributed by atoms with van der Waals surface area (Å²) in [6.07, 6.45) is 3.78. The van der Waals surface area contributed by atoms with Crippen LogP contribution in [0.2, 0.25) is 0 Å². The molecule has 5 rings (SSSR count). The number of amides is 1. The fourth-order valence-electron chi connectivity index (χ4n) is 4.84. The number of carbonyl (C=O) groups excluding carboxylic acids is 1. The lowest BCUT2D eigenvalue weighted by Crippen LogP contribution is -2.30. The molecular formula is C27H30N4O. The Morgan fingerprint density at radius 3 is 2.50 bits per heavy atom. The molecule has 32 heavy (non-hydrogen) atoms. The van der Waals surface area contributed by atoms with E-state index in [1.165, 1.54) is 36.1 Å². The van der Waals surface area contributed by atoms with Gasteiger partial charge >= 0.3 is 0 Å². The molecule has 0 atom stereocenters. The highest BCUT2D eigenvalue weighted by molar-refractivity contribution is 6.07. The molecule has 2 aromatic heterocycles. The van der Waals surface area contributed by atoms with Crippen LogP contribution in [-0.2, 0) is 7.05 Å². The molecule has 0 bridgehead atoms. The molecule has 1 aliphatic heterocycles. The van der Waals surface area contributed by atoms with Crippen molar-refractivity contribution in [2.24, 2.45) is 7.05 Å². The number of rotatable bonds is 3. The number of nitrogens with zero attached hydrogens (tertiary/aromatic N) is 3. The first-order valence-corrected chi connectivity index (χ1v) is 11.5. The summed E-state index contributed by atoms with van der Waals surface area (Å²) >= 11 is 0. The topological polar surface area (TPSA) is 50.2 Å². The van der Waals surface area contributed by atoms with E-state index >= 15 is 0 Å². The van der Waals surface area contributed by atoms with Crippen molar-refractivity contribution in [2.75, 3.05) is 23.3 Å². The lowest BCUT2D eigenvalue weighted by atomic mass is 10.1. The van der Waals surface area contributed by atoms with Crippen molar-refractivity contribution < 1.29 is 4.79 Å². The molecule has 0 radical (unpaired) electrons. The van der Waals surface area contributed by atoms with Crippen molar-refractivity contribution in [3.63, 3.8) is 0 Å². The van der Waals surface area contributed by atoms with Crippen molar-refractivity contribution in [2.45, 2.75) is 40.0 Å². The molecule has 4 aromatic rings. The van der Waals surface area contributed by atoms with E-state index in [1.54, 1.807) is 0 Å². The average molecular weight is 427 g/mol. The second-order valence-electron chi connectivity index (χ2n) is 9.03. The molecule has 3 heterocycles. The summed E-state index contributed by atoms with van der Waals surface area (Å²) in [6.45, 7) is 8.50. The molecule has 1 fully saturated rings. The summed E-state index contributed by atoms with van der Waals surface area (Å²) in [5.41, 5.74) is 7.20. The van der Waals surface area contributed by atoms with E-state index in [2.05, 4.69) is 48.7 Å². The molecule has 1 amide bonds. The van der Waals surface area contributed by atoms with E-state index in [0.717, 1.165) is 46.4 Å². The standard InChI is InChI=1S/C27H30N4O/c1-17-14-26(31-12-6-5-7-13-31)29-24-10-9-21(16-22(17)24)28-27(32)20-8-11-25-23(15-20)18(2)19(3)30(25)4/h8-11,14-16H,5-7,12-13H2,1-4H3,(H,28,32). The number of piperidine rings is 1. The van der Waals surface area contributed by atoms with Gasteiger partial charge in [-0.1, -0.05) is 0 Å². The summed E-state index contributed by atoms with van der Waals surface area (Å²) in [4.78, 5) is 20.3. The fourth-order valence-corrected chi connectivity index (χ4v) is 4.84. The highest BCUT2D eigenvalue weighted by Gasteiger charge is 2.15. The maximum atomic E-state index is 13.0. The SMILES string of the molecule is Cc1cc(N2CCCCC2)nc2ccc(NC(=O)c3ccc4c(c3)c(C)c(C)n4C)cc12. The van der Waals surface area contributed by atoms with Gasteiger partial charge in [0.05, 0.1) is 5.52 Å². The van der Waals surface area contributed by atoms with Crippen LogP contribution >= 0.6 is 0 Å². The van der Waals surface area contributed by atoms with Crippen molar-refractivity contribution in [3.8, 4) is 0 Å². The largest absolute Gasteiger partial charge is 0.357 e. The predicted molar refractivity (Wildman–Crippen MR) is 133 cm³/mol. The molecule has 164 valence electrons. The van der Waals surface area contributed by atoms with Gasteiger partial charge in [0.2, 0.25) is 0 Å². The van der Waals surface area contributed by atoms with Crippen LogP contribution in [0.5, 0.6) is 0 Å². The number of hydrogen-bond acceptors (Lipinski definition) is 3. The molecule has 1 N–H and O–H groups in total. The lowest BCUT2D eigenvalue weighted by Gasteiger charge is -2.28. The number of fused-ring (bicyclic) bond motifs is 2. The van der Waals surface area contributed by atoms with E-state index < -0.39 is 0 Å². The molecule has 2 aromatic carbocycles. The van der Waals surface area contributed by atoms with E-state index in [0.29, 0.717) is 5.56 Å². The summed E-state index contributed by atoms with van der Waals surface area (Å²) in [5, 5.41) is 5.28. The Bertz CT molecular complexity index is 1350. The highest BCUT2D eigenvalue weighted by atomic mass is 16.1. The number of nitrogens with one attached hydrogen (secondary N) is 1. The van der Waals surface area contributed by atoms with Crippen LogP contribution in [0.15, 0.2) is 42.5 Å². The van der Waals surface area contributed by atoms with Gasteiger partial charge in [0.15, 0.2) is 0 Å². The number of benzene rings is 2. The number of carbonyl (C=O) groups is 1. The van der Waals surface area contributed by atoms with E-state index in [-0.39, 0.29) is 5.91 Å². The van der Waals surface area contributed by atoms with Gasteiger partial charge in [0, 0.05) is 53.4 Å². The molecule has 0 spiro atoms. The van der Waals surface area contributed by atoms with Gasteiger partial charge in [-0.15, -0.1) is 0 Å². The molecule has 5 heteroatoms. The quantitative estimate of drug-likeness (QED) is 0.444. The molecular weight excluding hydrogens is 396 g/mol. The molecule has 1 aliphatic rings. The lowest BCUT2D eigenvalue weighted by molar-refractivity contribution is 0.102. The van der Waals surface area contributed by atoms with Gasteiger partial charge in [0.25, 0.3) is 5.91 Å². The maximum absolute atomic E-state index is 13.0. The number of aryl methyl sites for hydroxylation is 3. The van der Waals surface area contributed by atoms with Gasteiger partial charge < -0.3 is 14.8 Å². The Hall–Kier alpha value is -3.34. The van der Waals surface area contributed by atoms with Crippen LogP contribution < -0.4 is 10.2 Å². The predicted octanol–water partition coefficient (Wildman–Crippen LogP) is 5.89. The van der Waals surface area contributed by atoms with Crippen molar-refractivity contribution in [3.05, 3.63) is 64.8 Å². The Labute approximate surface area is 189 Å². The van der Waals surface area contributed by atoms with Gasteiger partial charge in [-0.3, -0.25) is 4.79 Å². The van der Waals surface area contributed by atoms with Crippen LogP contribution in [0.3, 0.4) is 0 Å². The molecule has 0 saturated carbocycles. The minimum absolute atomic E-state index is 0.0947. The van der Waals surface area contributed by atoms with E-state index in [4.69, 9.17) is 4.98 Å². The normalized spacial score (nSPS) is 14.3. The second-order valence-corrected chi connectivity index (χ2v) is 9.03. The number of aromatic nitrogens is 2. The minimum Gasteiger partial charge on any atom is -0.357 e. The van der Waals surface area contributed by atoms with Crippen LogP contribution in [-0.4, -0.2) is 28.5 Å². The van der Waals surface area contributed by atoms with Crippen LogP contribution in [0.4, 0.5) is 11.5 Å². The summed E-state index contributed by atoms with van der Waals surface area (Å²) in [5.74, 6) is 0.969. The first-order chi connectivity index (χ1) is 15.4. The average Bonchev–Trinajstić information content (AvgIpc) is 3.03.